The van der Waals surface area contributed by atoms with Crippen LogP contribution >= 0.6 is 0 Å². The van der Waals surface area contributed by atoms with E-state index in [9.17, 15) is 13.2 Å². The van der Waals surface area contributed by atoms with Crippen LogP contribution in [0.4, 0.5) is 30.4 Å². The second-order valence-electron chi connectivity index (χ2n) is 6.36. The number of hydrogen-bond donors (Lipinski definition) is 2. The Kier molecular flexibility index (Phi) is 3.91. The van der Waals surface area contributed by atoms with Gasteiger partial charge in [0.1, 0.15) is 18.3 Å². The number of H-pyrrole nitrogens is 1. The lowest BCUT2D eigenvalue weighted by Gasteiger charge is -2.37. The van der Waals surface area contributed by atoms with Gasteiger partial charge in [0.25, 0.3) is 0 Å². The zero-order valence-corrected chi connectivity index (χ0v) is 14.4. The lowest BCUT2D eigenvalue weighted by atomic mass is 10.1. The first-order valence-electron chi connectivity index (χ1n) is 8.26. The van der Waals surface area contributed by atoms with Gasteiger partial charge < -0.3 is 9.80 Å². The Morgan fingerprint density at radius 3 is 2.48 bits per heavy atom. The van der Waals surface area contributed by atoms with E-state index in [0.29, 0.717) is 17.1 Å². The molecule has 5 nitrogen and oxygen atoms in total. The van der Waals surface area contributed by atoms with Gasteiger partial charge in [0.15, 0.2) is 0 Å². The van der Waals surface area contributed by atoms with Crippen LogP contribution in [0.5, 0.6) is 0 Å². The number of aromatic amines is 1. The number of nitrogens with zero attached hydrogens (tertiary/aromatic N) is 3. The van der Waals surface area contributed by atoms with Crippen LogP contribution in [0.3, 0.4) is 0 Å². The fourth-order valence-electron chi connectivity index (χ4n) is 3.08. The monoisotopic (exact) mass is 371 g/mol. The Labute approximate surface area is 153 Å². The lowest BCUT2D eigenvalue weighted by Crippen LogP contribution is -2.44. The Hall–Kier alpha value is -3.29. The molecule has 0 unspecified atom stereocenters. The number of halogens is 3. The van der Waals surface area contributed by atoms with Crippen molar-refractivity contribution in [3.8, 4) is 0 Å². The Morgan fingerprint density at radius 2 is 1.78 bits per heavy atom. The molecule has 0 radical (unpaired) electrons. The van der Waals surface area contributed by atoms with E-state index >= 15 is 0 Å². The molecule has 2 heterocycles. The van der Waals surface area contributed by atoms with Gasteiger partial charge in [0.05, 0.1) is 17.3 Å². The van der Waals surface area contributed by atoms with Gasteiger partial charge in [-0.3, -0.25) is 10.5 Å². The first kappa shape index (κ1) is 17.1. The topological polar surface area (TPSA) is 59.0 Å². The van der Waals surface area contributed by atoms with E-state index in [1.807, 2.05) is 31.2 Å². The Bertz CT molecular complexity index is 991. The molecule has 27 heavy (non-hydrogen) atoms. The van der Waals surface area contributed by atoms with Crippen LogP contribution in [0, 0.1) is 12.3 Å². The van der Waals surface area contributed by atoms with Crippen molar-refractivity contribution < 1.29 is 13.2 Å². The fourth-order valence-corrected chi connectivity index (χ4v) is 3.08. The highest BCUT2D eigenvalue weighted by Crippen LogP contribution is 2.37. The van der Waals surface area contributed by atoms with E-state index < -0.39 is 11.7 Å². The number of benzene rings is 2. The summed E-state index contributed by atoms with van der Waals surface area (Å²) >= 11 is 0. The molecule has 1 aromatic heterocycles. The summed E-state index contributed by atoms with van der Waals surface area (Å²) in [6.07, 6.45) is -2.91. The van der Waals surface area contributed by atoms with Gasteiger partial charge >= 0.3 is 6.18 Å². The predicted octanol–water partition coefficient (Wildman–Crippen LogP) is 4.68. The zero-order valence-electron chi connectivity index (χ0n) is 14.4. The van der Waals surface area contributed by atoms with Crippen molar-refractivity contribution in [1.82, 2.24) is 10.2 Å². The van der Waals surface area contributed by atoms with Gasteiger partial charge in [-0.1, -0.05) is 23.8 Å². The van der Waals surface area contributed by atoms with Gasteiger partial charge in [-0.25, -0.2) is 0 Å². The summed E-state index contributed by atoms with van der Waals surface area (Å²) < 4.78 is 39.4. The van der Waals surface area contributed by atoms with Gasteiger partial charge in [-0.15, -0.1) is 0 Å². The minimum Gasteiger partial charge on any atom is -0.308 e. The summed E-state index contributed by atoms with van der Waals surface area (Å²) in [4.78, 5) is 3.42. The molecule has 3 aromatic rings. The normalized spacial score (nSPS) is 14.4. The summed E-state index contributed by atoms with van der Waals surface area (Å²) in [5.41, 5.74) is 2.05. The van der Waals surface area contributed by atoms with Crippen LogP contribution in [-0.4, -0.2) is 22.7 Å². The quantitative estimate of drug-likeness (QED) is 0.688. The van der Waals surface area contributed by atoms with E-state index in [0.717, 1.165) is 23.4 Å². The molecule has 0 fully saturated rings. The average molecular weight is 371 g/mol. The van der Waals surface area contributed by atoms with Crippen LogP contribution in [-0.2, 0) is 6.18 Å². The standard InChI is InChI=1S/C19H16F3N5/c1-12-5-7-14(8-6-12)26-11-27(18-16(17(26)23)10-24-25-18)15-4-2-3-13(9-15)19(20,21)22/h2-10,23H,11H2,1H3,(H,24,25). The van der Waals surface area contributed by atoms with E-state index in [4.69, 9.17) is 5.41 Å². The number of aryl methyl sites for hydroxylation is 1. The van der Waals surface area contributed by atoms with Crippen molar-refractivity contribution >= 4 is 23.0 Å². The van der Waals surface area contributed by atoms with E-state index in [1.54, 1.807) is 15.9 Å². The summed E-state index contributed by atoms with van der Waals surface area (Å²) in [5.74, 6) is 0.744. The van der Waals surface area contributed by atoms with Crippen LogP contribution in [0.1, 0.15) is 16.7 Å². The minimum atomic E-state index is -4.42. The average Bonchev–Trinajstić information content (AvgIpc) is 3.13. The molecule has 8 heteroatoms. The molecule has 4 rings (SSSR count). The molecule has 1 aliphatic rings. The van der Waals surface area contributed by atoms with Gasteiger partial charge in [-0.05, 0) is 37.3 Å². The van der Waals surface area contributed by atoms with Gasteiger partial charge in [-0.2, -0.15) is 18.3 Å². The number of rotatable bonds is 2. The second kappa shape index (κ2) is 6.15. The predicted molar refractivity (Wildman–Crippen MR) is 97.5 cm³/mol. The molecule has 0 atom stereocenters. The number of alkyl halides is 3. The number of hydrogen-bond acceptors (Lipinski definition) is 3. The first-order chi connectivity index (χ1) is 12.8. The maximum atomic E-state index is 13.1. The molecule has 0 saturated heterocycles. The summed E-state index contributed by atoms with van der Waals surface area (Å²) in [7, 11) is 0. The molecule has 2 N–H and O–H groups in total. The van der Waals surface area contributed by atoms with Crippen LogP contribution in [0.25, 0.3) is 0 Å². The Morgan fingerprint density at radius 1 is 1.04 bits per heavy atom. The number of aromatic nitrogens is 2. The summed E-state index contributed by atoms with van der Waals surface area (Å²) in [5, 5.41) is 15.3. The van der Waals surface area contributed by atoms with E-state index in [-0.39, 0.29) is 12.5 Å². The number of fused-ring (bicyclic) bond motifs is 1. The molecule has 2 aromatic carbocycles. The van der Waals surface area contributed by atoms with Crippen LogP contribution in [0.2, 0.25) is 0 Å². The van der Waals surface area contributed by atoms with E-state index in [1.165, 1.54) is 12.3 Å². The highest BCUT2D eigenvalue weighted by molar-refractivity contribution is 6.13. The van der Waals surface area contributed by atoms with Crippen LogP contribution in [0.15, 0.2) is 54.7 Å². The third-order valence-electron chi connectivity index (χ3n) is 4.53. The molecule has 1 aliphatic heterocycles. The molecule has 0 aliphatic carbocycles. The minimum absolute atomic E-state index is 0.193. The molecule has 0 saturated carbocycles. The smallest absolute Gasteiger partial charge is 0.308 e. The van der Waals surface area contributed by atoms with Gasteiger partial charge in [0.2, 0.25) is 0 Å². The molecule has 0 amide bonds. The van der Waals surface area contributed by atoms with Gasteiger partial charge in [0, 0.05) is 11.4 Å². The fraction of sp³-hybridized carbons (Fsp3) is 0.158. The summed E-state index contributed by atoms with van der Waals surface area (Å²) in [6.45, 7) is 2.16. The molecule has 0 spiro atoms. The largest absolute Gasteiger partial charge is 0.416 e. The molecular formula is C19H16F3N5. The second-order valence-corrected chi connectivity index (χ2v) is 6.36. The van der Waals surface area contributed by atoms with Crippen molar-refractivity contribution in [2.75, 3.05) is 16.5 Å². The maximum absolute atomic E-state index is 13.1. The Balaban J connectivity index is 1.78. The van der Waals surface area contributed by atoms with Crippen molar-refractivity contribution in [3.05, 3.63) is 71.4 Å². The highest BCUT2D eigenvalue weighted by Gasteiger charge is 2.33. The van der Waals surface area contributed by atoms with E-state index in [2.05, 4.69) is 10.2 Å². The number of amidine groups is 1. The number of nitrogens with one attached hydrogen (secondary N) is 2. The highest BCUT2D eigenvalue weighted by atomic mass is 19.4. The molecular weight excluding hydrogens is 355 g/mol. The van der Waals surface area contributed by atoms with Crippen LogP contribution < -0.4 is 9.80 Å². The third-order valence-corrected chi connectivity index (χ3v) is 4.53. The SMILES string of the molecule is Cc1ccc(N2CN(c3cccc(C(F)(F)F)c3)c3[nH]ncc3C2=N)cc1. The lowest BCUT2D eigenvalue weighted by molar-refractivity contribution is -0.137. The van der Waals surface area contributed by atoms with Crippen molar-refractivity contribution in [3.63, 3.8) is 0 Å². The zero-order chi connectivity index (χ0) is 19.2. The van der Waals surface area contributed by atoms with Crippen molar-refractivity contribution in [2.24, 2.45) is 0 Å². The van der Waals surface area contributed by atoms with Crippen molar-refractivity contribution in [2.45, 2.75) is 13.1 Å². The molecule has 0 bridgehead atoms. The first-order valence-corrected chi connectivity index (χ1v) is 8.26. The molecule has 138 valence electrons. The number of anilines is 3. The maximum Gasteiger partial charge on any atom is 0.416 e. The van der Waals surface area contributed by atoms with Crippen molar-refractivity contribution in [1.29, 1.82) is 5.41 Å². The third kappa shape index (κ3) is 3.03. The summed E-state index contributed by atoms with van der Waals surface area (Å²) in [6, 6.07) is 12.8.